The first kappa shape index (κ1) is 9.23. The van der Waals surface area contributed by atoms with Crippen molar-refractivity contribution in [2.24, 2.45) is 0 Å². The first-order valence-corrected chi connectivity index (χ1v) is 3.29. The molecule has 10 heavy (non-hydrogen) atoms. The number of hydrogen-bond donors (Lipinski definition) is 1. The Morgan fingerprint density at radius 2 is 2.30 bits per heavy atom. The van der Waals surface area contributed by atoms with Crippen molar-refractivity contribution in [3.05, 3.63) is 0 Å². The zero-order chi connectivity index (χ0) is 7.98. The minimum Gasteiger partial charge on any atom is -0.453 e. The molecular weight excluding hydrogens is 132 g/mol. The van der Waals surface area contributed by atoms with Crippen LogP contribution in [0.5, 0.6) is 0 Å². The quantitative estimate of drug-likeness (QED) is 0.549. The van der Waals surface area contributed by atoms with Crippen LogP contribution in [-0.2, 0) is 4.74 Å². The highest BCUT2D eigenvalue weighted by atomic mass is 16.5. The highest BCUT2D eigenvalue weighted by Gasteiger charge is 2.06. The van der Waals surface area contributed by atoms with Gasteiger partial charge in [0.05, 0.1) is 27.2 Å². The van der Waals surface area contributed by atoms with Crippen LogP contribution in [0.25, 0.3) is 0 Å². The van der Waals surface area contributed by atoms with Crippen LogP contribution >= 0.6 is 0 Å². The number of ether oxygens (including phenoxy) is 1. The van der Waals surface area contributed by atoms with Crippen LogP contribution < -0.4 is 5.32 Å². The number of nitrogens with two attached hydrogens (primary N) is 1. The van der Waals surface area contributed by atoms with E-state index >= 15 is 0 Å². The Morgan fingerprint density at radius 1 is 1.70 bits per heavy atom. The highest BCUT2D eigenvalue weighted by molar-refractivity contribution is 5.66. The Labute approximate surface area is 61.1 Å². The number of rotatable bonds is 3. The molecule has 60 valence electrons. The largest absolute Gasteiger partial charge is 0.453 e. The Kier molecular flexibility index (Phi) is 4.66. The molecule has 0 aromatic rings. The summed E-state index contributed by atoms with van der Waals surface area (Å²) in [6.07, 6.45) is -0.276. The second kappa shape index (κ2) is 5.05. The van der Waals surface area contributed by atoms with Gasteiger partial charge in [0.2, 0.25) is 0 Å². The van der Waals surface area contributed by atoms with Gasteiger partial charge in [-0.25, -0.2) is 4.79 Å². The van der Waals surface area contributed by atoms with E-state index in [4.69, 9.17) is 0 Å². The number of methoxy groups -OCH3 is 1. The van der Waals surface area contributed by atoms with Crippen LogP contribution in [0.2, 0.25) is 0 Å². The van der Waals surface area contributed by atoms with Gasteiger partial charge in [0, 0.05) is 7.05 Å². The Morgan fingerprint density at radius 3 is 2.70 bits per heavy atom. The van der Waals surface area contributed by atoms with Gasteiger partial charge in [0.15, 0.2) is 0 Å². The first-order chi connectivity index (χ1) is 4.72. The summed E-state index contributed by atoms with van der Waals surface area (Å²) in [4.78, 5) is 12.2. The third kappa shape index (κ3) is 3.29. The van der Waals surface area contributed by atoms with Gasteiger partial charge >= 0.3 is 6.09 Å². The third-order valence-corrected chi connectivity index (χ3v) is 1.24. The lowest BCUT2D eigenvalue weighted by atomic mass is 10.6. The standard InChI is InChI=1S/C6H14N2O2/c1-7-4-5-8(2)6(9)10-3/h7H,4-5H2,1-3H3/p+1. The number of nitrogens with zero attached hydrogens (tertiary/aromatic N) is 1. The maximum absolute atomic E-state index is 10.7. The van der Waals surface area contributed by atoms with Gasteiger partial charge < -0.3 is 15.0 Å². The molecule has 0 fully saturated rings. The lowest BCUT2D eigenvalue weighted by molar-refractivity contribution is -0.626. The van der Waals surface area contributed by atoms with E-state index < -0.39 is 0 Å². The fourth-order valence-electron chi connectivity index (χ4n) is 0.570. The predicted molar refractivity (Wildman–Crippen MR) is 37.8 cm³/mol. The van der Waals surface area contributed by atoms with E-state index in [9.17, 15) is 4.79 Å². The summed E-state index contributed by atoms with van der Waals surface area (Å²) < 4.78 is 4.48. The van der Waals surface area contributed by atoms with E-state index in [0.29, 0.717) is 0 Å². The molecule has 0 aliphatic heterocycles. The van der Waals surface area contributed by atoms with Crippen molar-refractivity contribution in [3.63, 3.8) is 0 Å². The maximum atomic E-state index is 10.7. The highest BCUT2D eigenvalue weighted by Crippen LogP contribution is 1.84. The molecule has 0 atom stereocenters. The van der Waals surface area contributed by atoms with E-state index in [0.717, 1.165) is 13.1 Å². The summed E-state index contributed by atoms with van der Waals surface area (Å²) in [5, 5.41) is 2.01. The van der Waals surface area contributed by atoms with Gasteiger partial charge in [-0.05, 0) is 0 Å². The molecule has 0 aliphatic carbocycles. The fourth-order valence-corrected chi connectivity index (χ4v) is 0.570. The number of amides is 1. The van der Waals surface area contributed by atoms with Crippen molar-refractivity contribution >= 4 is 6.09 Å². The van der Waals surface area contributed by atoms with Crippen LogP contribution in [0.4, 0.5) is 4.79 Å². The van der Waals surface area contributed by atoms with E-state index in [1.54, 1.807) is 11.9 Å². The summed E-state index contributed by atoms with van der Waals surface area (Å²) >= 11 is 0. The zero-order valence-corrected chi connectivity index (χ0v) is 6.76. The van der Waals surface area contributed by atoms with Gasteiger partial charge in [0.25, 0.3) is 0 Å². The van der Waals surface area contributed by atoms with E-state index in [1.807, 2.05) is 12.4 Å². The summed E-state index contributed by atoms with van der Waals surface area (Å²) in [5.41, 5.74) is 0. The molecule has 0 aromatic heterocycles. The molecule has 2 N–H and O–H groups in total. The number of carbonyl (C=O) groups is 1. The van der Waals surface area contributed by atoms with Gasteiger partial charge in [-0.3, -0.25) is 0 Å². The summed E-state index contributed by atoms with van der Waals surface area (Å²) in [6.45, 7) is 1.63. The monoisotopic (exact) mass is 147 g/mol. The second-order valence-corrected chi connectivity index (χ2v) is 2.09. The molecule has 0 rings (SSSR count). The minimum absolute atomic E-state index is 0.276. The van der Waals surface area contributed by atoms with Gasteiger partial charge in [-0.1, -0.05) is 0 Å². The van der Waals surface area contributed by atoms with Gasteiger partial charge in [-0.2, -0.15) is 0 Å². The Balaban J connectivity index is 3.41. The molecule has 0 spiro atoms. The molecule has 4 heteroatoms. The van der Waals surface area contributed by atoms with E-state index in [1.165, 1.54) is 7.11 Å². The van der Waals surface area contributed by atoms with Gasteiger partial charge in [-0.15, -0.1) is 0 Å². The van der Waals surface area contributed by atoms with Crippen LogP contribution in [0, 0.1) is 0 Å². The first-order valence-electron chi connectivity index (χ1n) is 3.29. The van der Waals surface area contributed by atoms with Crippen molar-refractivity contribution in [3.8, 4) is 0 Å². The second-order valence-electron chi connectivity index (χ2n) is 2.09. The van der Waals surface area contributed by atoms with Crippen molar-refractivity contribution < 1.29 is 14.8 Å². The molecule has 4 nitrogen and oxygen atoms in total. The third-order valence-electron chi connectivity index (χ3n) is 1.24. The molecule has 0 aliphatic rings. The van der Waals surface area contributed by atoms with E-state index in [-0.39, 0.29) is 6.09 Å². The van der Waals surface area contributed by atoms with Crippen LogP contribution in [0.15, 0.2) is 0 Å². The number of quaternary nitrogens is 1. The predicted octanol–water partition coefficient (Wildman–Crippen LogP) is -1.12. The molecule has 0 radical (unpaired) electrons. The SMILES string of the molecule is C[NH2+]CCN(C)C(=O)OC. The molecule has 0 saturated carbocycles. The van der Waals surface area contributed by atoms with Crippen molar-refractivity contribution in [2.75, 3.05) is 34.3 Å². The molecule has 0 saturated heterocycles. The number of carbonyl (C=O) groups excluding carboxylic acids is 1. The molecule has 1 amide bonds. The molecule has 0 unspecified atom stereocenters. The summed E-state index contributed by atoms with van der Waals surface area (Å²) in [6, 6.07) is 0. The zero-order valence-electron chi connectivity index (χ0n) is 6.76. The van der Waals surface area contributed by atoms with Gasteiger partial charge in [0.1, 0.15) is 0 Å². The Bertz CT molecular complexity index is 106. The smallest absolute Gasteiger partial charge is 0.409 e. The number of likely N-dealkylation sites (N-methyl/N-ethyl adjacent to an activating group) is 2. The Hall–Kier alpha value is -0.770. The summed E-state index contributed by atoms with van der Waals surface area (Å²) in [5.74, 6) is 0. The topological polar surface area (TPSA) is 46.2 Å². The minimum atomic E-state index is -0.276. The lowest BCUT2D eigenvalue weighted by Gasteiger charge is -2.12. The molecular formula is C6H15N2O2+. The van der Waals surface area contributed by atoms with Crippen LogP contribution in [-0.4, -0.2) is 45.3 Å². The average molecular weight is 147 g/mol. The normalized spacial score (nSPS) is 9.10. The maximum Gasteiger partial charge on any atom is 0.409 e. The van der Waals surface area contributed by atoms with Crippen LogP contribution in [0.1, 0.15) is 0 Å². The fraction of sp³-hybridized carbons (Fsp3) is 0.833. The summed E-state index contributed by atoms with van der Waals surface area (Å²) in [7, 11) is 5.06. The van der Waals surface area contributed by atoms with Crippen LogP contribution in [0.3, 0.4) is 0 Å². The van der Waals surface area contributed by atoms with Crippen molar-refractivity contribution in [2.45, 2.75) is 0 Å². The molecule has 0 bridgehead atoms. The lowest BCUT2D eigenvalue weighted by Crippen LogP contribution is -2.81. The van der Waals surface area contributed by atoms with Crippen molar-refractivity contribution in [1.82, 2.24) is 4.90 Å². The molecule has 0 aromatic carbocycles. The number of hydrogen-bond acceptors (Lipinski definition) is 2. The van der Waals surface area contributed by atoms with E-state index in [2.05, 4.69) is 4.74 Å². The van der Waals surface area contributed by atoms with Crippen molar-refractivity contribution in [1.29, 1.82) is 0 Å². The average Bonchev–Trinajstić information content (AvgIpc) is 1.98. The molecule has 0 heterocycles.